The maximum atomic E-state index is 8.34. The Morgan fingerprint density at radius 1 is 1.17 bits per heavy atom. The first-order valence-electron chi connectivity index (χ1n) is 1.70. The van der Waals surface area contributed by atoms with Gasteiger partial charge in [0, 0.05) is 0 Å². The van der Waals surface area contributed by atoms with Gasteiger partial charge in [-0.05, 0) is 0 Å². The summed E-state index contributed by atoms with van der Waals surface area (Å²) in [6, 6.07) is 0. The van der Waals surface area contributed by atoms with Gasteiger partial charge in [-0.15, -0.1) is 0 Å². The second-order valence-corrected chi connectivity index (χ2v) is 1.50. The number of hydrogen-bond acceptors (Lipinski definition) is 1. The van der Waals surface area contributed by atoms with Crippen LogP contribution in [0.3, 0.4) is 0 Å². The van der Waals surface area contributed by atoms with Crippen molar-refractivity contribution in [2.75, 3.05) is 0 Å². The molecule has 0 saturated carbocycles. The summed E-state index contributed by atoms with van der Waals surface area (Å²) in [7, 11) is 0. The van der Waals surface area contributed by atoms with Crippen LogP contribution in [0.1, 0.15) is 20.8 Å². The fourth-order valence-electron chi connectivity index (χ4n) is 0. The van der Waals surface area contributed by atoms with Crippen LogP contribution in [0.5, 0.6) is 0 Å². The van der Waals surface area contributed by atoms with Gasteiger partial charge < -0.3 is 5.92 Å². The molecular formula is C4H9OZr-. The molecule has 0 fully saturated rings. The van der Waals surface area contributed by atoms with Crippen LogP contribution in [-0.4, -0.2) is 0 Å². The molecule has 0 bridgehead atoms. The van der Waals surface area contributed by atoms with Crippen LogP contribution in [0.4, 0.5) is 0 Å². The third kappa shape index (κ3) is 136. The van der Waals surface area contributed by atoms with Crippen molar-refractivity contribution in [3.63, 3.8) is 0 Å². The zero-order valence-electron chi connectivity index (χ0n) is 4.41. The van der Waals surface area contributed by atoms with Crippen molar-refractivity contribution < 1.29 is 27.5 Å². The van der Waals surface area contributed by atoms with Gasteiger partial charge in [0.1, 0.15) is 0 Å². The van der Waals surface area contributed by atoms with E-state index in [1.54, 1.807) is 0 Å². The quantitative estimate of drug-likeness (QED) is 0.496. The average molecular weight is 164 g/mol. The molecule has 0 heterocycles. The van der Waals surface area contributed by atoms with Crippen LogP contribution in [0.25, 0.3) is 0 Å². The summed E-state index contributed by atoms with van der Waals surface area (Å²) in [5.74, 6) is 1.42. The minimum absolute atomic E-state index is 0.300. The first kappa shape index (κ1) is 9.84. The van der Waals surface area contributed by atoms with E-state index in [0.717, 1.165) is 0 Å². The van der Waals surface area contributed by atoms with Gasteiger partial charge in [-0.3, -0.25) is 0 Å². The molecule has 0 radical (unpaired) electrons. The van der Waals surface area contributed by atoms with Gasteiger partial charge in [0.05, 0.1) is 0 Å². The van der Waals surface area contributed by atoms with Crippen LogP contribution < -0.4 is 0 Å². The third-order valence-electron chi connectivity index (χ3n) is 0. The molecule has 0 N–H and O–H groups in total. The van der Waals surface area contributed by atoms with E-state index < -0.39 is 0 Å². The van der Waals surface area contributed by atoms with Crippen molar-refractivity contribution in [2.45, 2.75) is 20.8 Å². The Morgan fingerprint density at radius 3 is 1.17 bits per heavy atom. The van der Waals surface area contributed by atoms with Crippen molar-refractivity contribution in [1.82, 2.24) is 0 Å². The zero-order valence-corrected chi connectivity index (χ0v) is 6.87. The second kappa shape index (κ2) is 9.19. The van der Waals surface area contributed by atoms with Crippen LogP contribution in [0.2, 0.25) is 0 Å². The van der Waals surface area contributed by atoms with Crippen molar-refractivity contribution in [1.29, 1.82) is 0 Å². The summed E-state index contributed by atoms with van der Waals surface area (Å²) >= 11 is 0.300. The van der Waals surface area contributed by atoms with E-state index in [9.17, 15) is 0 Å². The minimum atomic E-state index is 0.300. The molecule has 0 aromatic heterocycles. The van der Waals surface area contributed by atoms with Crippen molar-refractivity contribution >= 4 is 0 Å². The molecule has 0 aliphatic rings. The molecule has 0 rings (SSSR count). The predicted octanol–water partition coefficient (Wildman–Crippen LogP) is 1.50. The standard InChI is InChI=1S/C4H9.O.Zr/c1-4(2)3;;/h1-3H3;;/q-1;;. The Kier molecular flexibility index (Phi) is 15.1. The van der Waals surface area contributed by atoms with Gasteiger partial charge in [0.15, 0.2) is 0 Å². The second-order valence-electron chi connectivity index (χ2n) is 1.50. The molecular weight excluding hydrogens is 155 g/mol. The van der Waals surface area contributed by atoms with Gasteiger partial charge >= 0.3 is 27.5 Å². The maximum absolute atomic E-state index is 8.34. The fourth-order valence-corrected chi connectivity index (χ4v) is 0. The van der Waals surface area contributed by atoms with E-state index in [1.807, 2.05) is 0 Å². The normalized spacial score (nSPS) is 6.50. The van der Waals surface area contributed by atoms with E-state index >= 15 is 0 Å². The van der Waals surface area contributed by atoms with E-state index in [2.05, 4.69) is 20.8 Å². The summed E-state index contributed by atoms with van der Waals surface area (Å²) in [5.41, 5.74) is 0. The molecule has 6 heavy (non-hydrogen) atoms. The van der Waals surface area contributed by atoms with E-state index in [1.165, 1.54) is 5.92 Å². The SMILES string of the molecule is C[C-](C)C.[O]=[Zr]. The number of hydrogen-bond donors (Lipinski definition) is 0. The Balaban J connectivity index is 0. The molecule has 2 heteroatoms. The zero-order chi connectivity index (χ0) is 5.58. The third-order valence-corrected chi connectivity index (χ3v) is 0. The Bertz CT molecular complexity index is 18.8. The van der Waals surface area contributed by atoms with E-state index in [0.29, 0.717) is 24.7 Å². The molecule has 0 aliphatic carbocycles. The molecule has 36 valence electrons. The Labute approximate surface area is 54.4 Å². The topological polar surface area (TPSA) is 17.1 Å². The summed E-state index contributed by atoms with van der Waals surface area (Å²) < 4.78 is 8.34. The van der Waals surface area contributed by atoms with E-state index in [-0.39, 0.29) is 0 Å². The summed E-state index contributed by atoms with van der Waals surface area (Å²) in [5, 5.41) is 0. The van der Waals surface area contributed by atoms with Gasteiger partial charge in [0.25, 0.3) is 0 Å². The van der Waals surface area contributed by atoms with Crippen molar-refractivity contribution in [3.05, 3.63) is 5.92 Å². The summed E-state index contributed by atoms with van der Waals surface area (Å²) in [6.07, 6.45) is 0. The molecule has 0 aliphatic heterocycles. The average Bonchev–Trinajstić information content (AvgIpc) is 1.41. The molecule has 0 spiro atoms. The van der Waals surface area contributed by atoms with Crippen LogP contribution in [0, 0.1) is 5.92 Å². The molecule has 0 amide bonds. The Hall–Kier alpha value is 0.683. The van der Waals surface area contributed by atoms with Crippen LogP contribution in [0.15, 0.2) is 0 Å². The summed E-state index contributed by atoms with van der Waals surface area (Å²) in [6.45, 7) is 6.25. The first-order valence-corrected chi connectivity index (χ1v) is 2.71. The molecule has 0 aromatic carbocycles. The van der Waals surface area contributed by atoms with Crippen molar-refractivity contribution in [3.8, 4) is 0 Å². The molecule has 0 unspecified atom stereocenters. The predicted molar refractivity (Wildman–Crippen MR) is 21.0 cm³/mol. The fraction of sp³-hybridized carbons (Fsp3) is 0.750. The first-order chi connectivity index (χ1) is 2.73. The molecule has 0 saturated heterocycles. The van der Waals surface area contributed by atoms with Crippen LogP contribution in [-0.2, 0) is 27.5 Å². The monoisotopic (exact) mass is 163 g/mol. The van der Waals surface area contributed by atoms with Gasteiger partial charge in [-0.25, -0.2) is 0 Å². The van der Waals surface area contributed by atoms with Crippen molar-refractivity contribution in [2.24, 2.45) is 0 Å². The van der Waals surface area contributed by atoms with Gasteiger partial charge in [0.2, 0.25) is 0 Å². The van der Waals surface area contributed by atoms with Crippen LogP contribution >= 0.6 is 0 Å². The summed E-state index contributed by atoms with van der Waals surface area (Å²) in [4.78, 5) is 0. The molecule has 0 atom stereocenters. The Morgan fingerprint density at radius 2 is 1.17 bits per heavy atom. The van der Waals surface area contributed by atoms with Gasteiger partial charge in [-0.2, -0.15) is 20.8 Å². The molecule has 1 nitrogen and oxygen atoms in total. The molecule has 0 aromatic rings. The van der Waals surface area contributed by atoms with Gasteiger partial charge in [-0.1, -0.05) is 0 Å². The number of rotatable bonds is 0. The van der Waals surface area contributed by atoms with E-state index in [4.69, 9.17) is 2.81 Å².